The molecule has 0 N–H and O–H groups in total. The van der Waals surface area contributed by atoms with Crippen LogP contribution in [0.5, 0.6) is 5.88 Å². The highest BCUT2D eigenvalue weighted by Gasteiger charge is 2.33. The topological polar surface area (TPSA) is 94.6 Å². The Kier molecular flexibility index (Phi) is 4.47. The van der Waals surface area contributed by atoms with Crippen molar-refractivity contribution in [3.63, 3.8) is 0 Å². The van der Waals surface area contributed by atoms with Gasteiger partial charge < -0.3 is 18.6 Å². The standard InChI is InChI=1S/C18H18N2O5/c1-18(2)7-11-12(8-19)17(24-10-15(21)22-3)20-16(13(11)9-25-18)14-5-4-6-23-14/h4-6H,7,9-10H2,1-3H3. The second-order valence-electron chi connectivity index (χ2n) is 6.28. The van der Waals surface area contributed by atoms with Gasteiger partial charge in [-0.1, -0.05) is 0 Å². The first-order chi connectivity index (χ1) is 11.9. The molecule has 0 saturated heterocycles. The molecule has 0 radical (unpaired) electrons. The van der Waals surface area contributed by atoms with Gasteiger partial charge in [-0.2, -0.15) is 5.26 Å². The van der Waals surface area contributed by atoms with E-state index in [1.807, 2.05) is 13.8 Å². The van der Waals surface area contributed by atoms with Crippen LogP contribution in [0.15, 0.2) is 22.8 Å². The summed E-state index contributed by atoms with van der Waals surface area (Å²) in [7, 11) is 1.27. The minimum absolute atomic E-state index is 0.0933. The molecule has 0 saturated carbocycles. The first-order valence-electron chi connectivity index (χ1n) is 7.78. The lowest BCUT2D eigenvalue weighted by Crippen LogP contribution is -2.33. The lowest BCUT2D eigenvalue weighted by Gasteiger charge is -2.33. The smallest absolute Gasteiger partial charge is 0.343 e. The Morgan fingerprint density at radius 2 is 2.24 bits per heavy atom. The summed E-state index contributed by atoms with van der Waals surface area (Å²) in [5, 5.41) is 9.64. The summed E-state index contributed by atoms with van der Waals surface area (Å²) in [4.78, 5) is 15.8. The molecule has 3 heterocycles. The Hall–Kier alpha value is -2.85. The van der Waals surface area contributed by atoms with Crippen LogP contribution in [-0.4, -0.2) is 30.3 Å². The van der Waals surface area contributed by atoms with Gasteiger partial charge >= 0.3 is 5.97 Å². The van der Waals surface area contributed by atoms with Crippen LogP contribution in [0.3, 0.4) is 0 Å². The van der Waals surface area contributed by atoms with Gasteiger partial charge in [0.1, 0.15) is 17.3 Å². The molecule has 0 spiro atoms. The number of methoxy groups -OCH3 is 1. The molecule has 3 rings (SSSR count). The molecule has 0 aromatic carbocycles. The highest BCUT2D eigenvalue weighted by atomic mass is 16.6. The number of pyridine rings is 1. The minimum atomic E-state index is -0.549. The number of furan rings is 1. The van der Waals surface area contributed by atoms with Gasteiger partial charge in [0.05, 0.1) is 25.6 Å². The molecule has 0 aliphatic carbocycles. The molecule has 0 unspecified atom stereocenters. The lowest BCUT2D eigenvalue weighted by atomic mass is 9.88. The third-order valence-electron chi connectivity index (χ3n) is 4.01. The summed E-state index contributed by atoms with van der Waals surface area (Å²) < 4.78 is 21.4. The Labute approximate surface area is 145 Å². The molecular formula is C18H18N2O5. The number of nitrogens with zero attached hydrogens (tertiary/aromatic N) is 2. The summed E-state index contributed by atoms with van der Waals surface area (Å²) >= 11 is 0. The van der Waals surface area contributed by atoms with Gasteiger partial charge in [0.25, 0.3) is 0 Å². The molecule has 2 aromatic heterocycles. The fourth-order valence-corrected chi connectivity index (χ4v) is 2.77. The molecule has 0 bridgehead atoms. The Morgan fingerprint density at radius 3 is 2.88 bits per heavy atom. The monoisotopic (exact) mass is 342 g/mol. The zero-order valence-electron chi connectivity index (χ0n) is 14.3. The summed E-state index contributed by atoms with van der Waals surface area (Å²) in [6.45, 7) is 3.91. The van der Waals surface area contributed by atoms with Crippen molar-refractivity contribution in [2.75, 3.05) is 13.7 Å². The summed E-state index contributed by atoms with van der Waals surface area (Å²) in [5.41, 5.74) is 2.05. The van der Waals surface area contributed by atoms with Crippen molar-refractivity contribution < 1.29 is 23.4 Å². The third-order valence-corrected chi connectivity index (χ3v) is 4.01. The van der Waals surface area contributed by atoms with Gasteiger partial charge in [-0.15, -0.1) is 0 Å². The van der Waals surface area contributed by atoms with E-state index < -0.39 is 11.6 Å². The first-order valence-corrected chi connectivity index (χ1v) is 7.78. The van der Waals surface area contributed by atoms with Crippen molar-refractivity contribution in [2.45, 2.75) is 32.5 Å². The fourth-order valence-electron chi connectivity index (χ4n) is 2.77. The molecule has 1 aliphatic rings. The summed E-state index contributed by atoms with van der Waals surface area (Å²) in [6.07, 6.45) is 2.07. The van der Waals surface area contributed by atoms with E-state index >= 15 is 0 Å². The molecule has 7 heteroatoms. The van der Waals surface area contributed by atoms with Crippen molar-refractivity contribution in [2.24, 2.45) is 0 Å². The maximum Gasteiger partial charge on any atom is 0.343 e. The molecule has 25 heavy (non-hydrogen) atoms. The van der Waals surface area contributed by atoms with Crippen LogP contribution in [0, 0.1) is 11.3 Å². The number of rotatable bonds is 4. The average Bonchev–Trinajstić information content (AvgIpc) is 3.12. The maximum absolute atomic E-state index is 11.4. The first kappa shape index (κ1) is 17.0. The van der Waals surface area contributed by atoms with Gasteiger partial charge in [0.15, 0.2) is 12.4 Å². The van der Waals surface area contributed by atoms with E-state index in [1.54, 1.807) is 18.4 Å². The molecule has 130 valence electrons. The number of ether oxygens (including phenoxy) is 3. The number of hydrogen-bond donors (Lipinski definition) is 0. The van der Waals surface area contributed by atoms with Crippen LogP contribution >= 0.6 is 0 Å². The molecule has 0 fully saturated rings. The SMILES string of the molecule is COC(=O)COc1nc(-c2ccco2)c2c(c1C#N)CC(C)(C)OC2. The minimum Gasteiger partial charge on any atom is -0.466 e. The number of nitriles is 1. The molecular weight excluding hydrogens is 324 g/mol. The number of hydrogen-bond acceptors (Lipinski definition) is 7. The highest BCUT2D eigenvalue weighted by Crippen LogP contribution is 2.38. The largest absolute Gasteiger partial charge is 0.466 e. The zero-order chi connectivity index (χ0) is 18.0. The van der Waals surface area contributed by atoms with Gasteiger partial charge in [-0.25, -0.2) is 9.78 Å². The van der Waals surface area contributed by atoms with E-state index in [2.05, 4.69) is 15.8 Å². The van der Waals surface area contributed by atoms with Crippen LogP contribution in [0.2, 0.25) is 0 Å². The van der Waals surface area contributed by atoms with Crippen LogP contribution in [0.4, 0.5) is 0 Å². The van der Waals surface area contributed by atoms with Crippen molar-refractivity contribution in [1.82, 2.24) is 4.98 Å². The van der Waals surface area contributed by atoms with Crippen LogP contribution in [0.25, 0.3) is 11.5 Å². The number of carbonyl (C=O) groups excluding carboxylic acids is 1. The number of aromatic nitrogens is 1. The number of carbonyl (C=O) groups is 1. The molecule has 0 atom stereocenters. The van der Waals surface area contributed by atoms with E-state index in [0.717, 1.165) is 11.1 Å². The molecule has 2 aromatic rings. The average molecular weight is 342 g/mol. The van der Waals surface area contributed by atoms with Crippen LogP contribution in [-0.2, 0) is 27.3 Å². The van der Waals surface area contributed by atoms with Crippen molar-refractivity contribution in [1.29, 1.82) is 5.26 Å². The van der Waals surface area contributed by atoms with E-state index in [0.29, 0.717) is 30.0 Å². The normalized spacial score (nSPS) is 15.1. The molecule has 7 nitrogen and oxygen atoms in total. The van der Waals surface area contributed by atoms with E-state index in [4.69, 9.17) is 13.9 Å². The zero-order valence-corrected chi connectivity index (χ0v) is 14.3. The predicted octanol–water partition coefficient (Wildman–Crippen LogP) is 2.62. The maximum atomic E-state index is 11.4. The third kappa shape index (κ3) is 3.35. The highest BCUT2D eigenvalue weighted by molar-refractivity contribution is 5.71. The van der Waals surface area contributed by atoms with Crippen molar-refractivity contribution in [3.05, 3.63) is 35.1 Å². The number of fused-ring (bicyclic) bond motifs is 1. The van der Waals surface area contributed by atoms with E-state index in [9.17, 15) is 10.1 Å². The van der Waals surface area contributed by atoms with Gasteiger partial charge in [-0.3, -0.25) is 0 Å². The van der Waals surface area contributed by atoms with Crippen molar-refractivity contribution >= 4 is 5.97 Å². The van der Waals surface area contributed by atoms with Crippen LogP contribution < -0.4 is 4.74 Å². The summed E-state index contributed by atoms with van der Waals surface area (Å²) in [6, 6.07) is 5.68. The predicted molar refractivity (Wildman–Crippen MR) is 86.7 cm³/mol. The lowest BCUT2D eigenvalue weighted by molar-refractivity contribution is -0.143. The van der Waals surface area contributed by atoms with Crippen LogP contribution in [0.1, 0.15) is 30.5 Å². The molecule has 0 amide bonds. The quantitative estimate of drug-likeness (QED) is 0.788. The van der Waals surface area contributed by atoms with Crippen molar-refractivity contribution in [3.8, 4) is 23.4 Å². The Morgan fingerprint density at radius 1 is 1.44 bits per heavy atom. The van der Waals surface area contributed by atoms with Gasteiger partial charge in [0, 0.05) is 12.0 Å². The van der Waals surface area contributed by atoms with E-state index in [1.165, 1.54) is 7.11 Å². The second kappa shape index (κ2) is 6.57. The van der Waals surface area contributed by atoms with E-state index in [-0.39, 0.29) is 12.5 Å². The van der Waals surface area contributed by atoms with Gasteiger partial charge in [0.2, 0.25) is 5.88 Å². The Bertz CT molecular complexity index is 834. The Balaban J connectivity index is 2.14. The van der Waals surface area contributed by atoms with Gasteiger partial charge in [-0.05, 0) is 31.5 Å². The second-order valence-corrected chi connectivity index (χ2v) is 6.28. The number of esters is 1. The fraction of sp³-hybridized carbons (Fsp3) is 0.389. The summed E-state index contributed by atoms with van der Waals surface area (Å²) in [5.74, 6) is 0.0920. The molecule has 1 aliphatic heterocycles.